The lowest BCUT2D eigenvalue weighted by molar-refractivity contribution is -0.115. The van der Waals surface area contributed by atoms with E-state index in [9.17, 15) is 4.79 Å². The van der Waals surface area contributed by atoms with Crippen LogP contribution in [0.15, 0.2) is 54.9 Å². The Bertz CT molecular complexity index is 918. The van der Waals surface area contributed by atoms with Gasteiger partial charge in [0.1, 0.15) is 17.3 Å². The number of carbonyl (C=O) groups excluding carboxylic acids is 1. The van der Waals surface area contributed by atoms with Crippen molar-refractivity contribution in [1.82, 2.24) is 9.55 Å². The Morgan fingerprint density at radius 2 is 2.00 bits per heavy atom. The second-order valence-electron chi connectivity index (χ2n) is 5.85. The highest BCUT2D eigenvalue weighted by Gasteiger charge is 2.11. The van der Waals surface area contributed by atoms with Crippen molar-refractivity contribution in [1.29, 1.82) is 0 Å². The summed E-state index contributed by atoms with van der Waals surface area (Å²) in [6.45, 7) is 0. The summed E-state index contributed by atoms with van der Waals surface area (Å²) in [5, 5.41) is 2.93. The summed E-state index contributed by atoms with van der Waals surface area (Å²) in [5.74, 6) is 2.04. The molecule has 6 heteroatoms. The van der Waals surface area contributed by atoms with Crippen molar-refractivity contribution in [2.45, 2.75) is 6.42 Å². The Kier molecular flexibility index (Phi) is 5.22. The molecule has 0 atom stereocenters. The maximum Gasteiger partial charge on any atom is 0.228 e. The molecule has 1 heterocycles. The fourth-order valence-corrected chi connectivity index (χ4v) is 2.76. The van der Waals surface area contributed by atoms with E-state index in [1.807, 2.05) is 54.2 Å². The molecule has 1 N–H and O–H groups in total. The van der Waals surface area contributed by atoms with Gasteiger partial charge in [-0.3, -0.25) is 4.79 Å². The molecule has 26 heavy (non-hydrogen) atoms. The topological polar surface area (TPSA) is 65.4 Å². The Labute approximate surface area is 152 Å². The van der Waals surface area contributed by atoms with Gasteiger partial charge in [-0.05, 0) is 18.2 Å². The predicted molar refractivity (Wildman–Crippen MR) is 101 cm³/mol. The summed E-state index contributed by atoms with van der Waals surface area (Å²) in [6.07, 6.45) is 3.84. The first-order valence-corrected chi connectivity index (χ1v) is 8.19. The van der Waals surface area contributed by atoms with Crippen LogP contribution in [0, 0.1) is 0 Å². The average molecular weight is 351 g/mol. The molecule has 0 saturated carbocycles. The second kappa shape index (κ2) is 7.74. The Morgan fingerprint density at radius 1 is 1.15 bits per heavy atom. The first-order valence-electron chi connectivity index (χ1n) is 8.19. The quantitative estimate of drug-likeness (QED) is 0.740. The van der Waals surface area contributed by atoms with Crippen molar-refractivity contribution >= 4 is 11.6 Å². The lowest BCUT2D eigenvalue weighted by Gasteiger charge is -2.11. The fourth-order valence-electron chi connectivity index (χ4n) is 2.76. The number of nitrogens with zero attached hydrogens (tertiary/aromatic N) is 2. The molecule has 0 fully saturated rings. The molecule has 0 aliphatic heterocycles. The summed E-state index contributed by atoms with van der Waals surface area (Å²) in [7, 11) is 5.10. The number of methoxy groups -OCH3 is 2. The molecule has 1 amide bonds. The minimum atomic E-state index is -0.120. The first-order chi connectivity index (χ1) is 12.6. The Hall–Kier alpha value is -3.28. The summed E-state index contributed by atoms with van der Waals surface area (Å²) in [6, 6.07) is 13.0. The van der Waals surface area contributed by atoms with Crippen molar-refractivity contribution in [2.75, 3.05) is 19.5 Å². The van der Waals surface area contributed by atoms with Crippen LogP contribution in [-0.2, 0) is 18.3 Å². The number of anilines is 1. The molecule has 0 aliphatic carbocycles. The summed E-state index contributed by atoms with van der Waals surface area (Å²) in [4.78, 5) is 16.8. The van der Waals surface area contributed by atoms with E-state index in [-0.39, 0.29) is 12.3 Å². The number of imidazole rings is 1. The van der Waals surface area contributed by atoms with Crippen LogP contribution in [0.5, 0.6) is 11.5 Å². The SMILES string of the molecule is COc1ccc(CC(=O)Nc2cccc(-c3nccn3C)c2)c(OC)c1. The lowest BCUT2D eigenvalue weighted by Crippen LogP contribution is -2.15. The van der Waals surface area contributed by atoms with Crippen molar-refractivity contribution in [2.24, 2.45) is 7.05 Å². The van der Waals surface area contributed by atoms with E-state index in [4.69, 9.17) is 9.47 Å². The normalized spacial score (nSPS) is 10.4. The number of aryl methyl sites for hydroxylation is 1. The number of nitrogens with one attached hydrogen (secondary N) is 1. The molecular formula is C20H21N3O3. The van der Waals surface area contributed by atoms with Gasteiger partial charge in [-0.25, -0.2) is 4.98 Å². The molecule has 0 unspecified atom stereocenters. The number of hydrogen-bond acceptors (Lipinski definition) is 4. The molecule has 1 aromatic heterocycles. The van der Waals surface area contributed by atoms with Crippen LogP contribution in [0.2, 0.25) is 0 Å². The molecule has 3 aromatic rings. The highest BCUT2D eigenvalue weighted by Crippen LogP contribution is 2.26. The number of rotatable bonds is 6. The van der Waals surface area contributed by atoms with Crippen molar-refractivity contribution in [3.8, 4) is 22.9 Å². The van der Waals surface area contributed by atoms with Crippen LogP contribution < -0.4 is 14.8 Å². The maximum absolute atomic E-state index is 12.5. The fraction of sp³-hybridized carbons (Fsp3) is 0.200. The average Bonchev–Trinajstić information content (AvgIpc) is 3.08. The lowest BCUT2D eigenvalue weighted by atomic mass is 10.1. The third-order valence-corrected chi connectivity index (χ3v) is 4.07. The van der Waals surface area contributed by atoms with Gasteiger partial charge in [0.05, 0.1) is 20.6 Å². The summed E-state index contributed by atoms with van der Waals surface area (Å²) in [5.41, 5.74) is 2.46. The number of hydrogen-bond donors (Lipinski definition) is 1. The number of aromatic nitrogens is 2. The maximum atomic E-state index is 12.5. The smallest absolute Gasteiger partial charge is 0.228 e. The number of ether oxygens (including phenoxy) is 2. The summed E-state index contributed by atoms with van der Waals surface area (Å²) < 4.78 is 12.5. The molecule has 0 bridgehead atoms. The predicted octanol–water partition coefficient (Wildman–Crippen LogP) is 3.29. The van der Waals surface area contributed by atoms with Crippen LogP contribution in [-0.4, -0.2) is 29.7 Å². The monoisotopic (exact) mass is 351 g/mol. The molecule has 3 rings (SSSR count). The third-order valence-electron chi connectivity index (χ3n) is 4.07. The van der Waals surface area contributed by atoms with E-state index < -0.39 is 0 Å². The van der Waals surface area contributed by atoms with Gasteiger partial charge in [-0.2, -0.15) is 0 Å². The molecular weight excluding hydrogens is 330 g/mol. The zero-order valence-corrected chi connectivity index (χ0v) is 15.0. The summed E-state index contributed by atoms with van der Waals surface area (Å²) >= 11 is 0. The number of carbonyl (C=O) groups is 1. The van der Waals surface area contributed by atoms with Crippen molar-refractivity contribution < 1.29 is 14.3 Å². The number of benzene rings is 2. The second-order valence-corrected chi connectivity index (χ2v) is 5.85. The highest BCUT2D eigenvalue weighted by atomic mass is 16.5. The largest absolute Gasteiger partial charge is 0.497 e. The van der Waals surface area contributed by atoms with Gasteiger partial charge >= 0.3 is 0 Å². The Balaban J connectivity index is 1.74. The minimum absolute atomic E-state index is 0.120. The minimum Gasteiger partial charge on any atom is -0.497 e. The van der Waals surface area contributed by atoms with Crippen LogP contribution in [0.1, 0.15) is 5.56 Å². The van der Waals surface area contributed by atoms with Gasteiger partial charge in [0.25, 0.3) is 0 Å². The standard InChI is InChI=1S/C20H21N3O3/c1-23-10-9-21-20(23)15-5-4-6-16(11-15)22-19(24)12-14-7-8-17(25-2)13-18(14)26-3/h4-11,13H,12H2,1-3H3,(H,22,24). The van der Waals surface area contributed by atoms with E-state index >= 15 is 0 Å². The molecule has 2 aromatic carbocycles. The number of amides is 1. The van der Waals surface area contributed by atoms with Gasteiger partial charge in [0.15, 0.2) is 0 Å². The van der Waals surface area contributed by atoms with Gasteiger partial charge < -0.3 is 19.4 Å². The van der Waals surface area contributed by atoms with Crippen LogP contribution >= 0.6 is 0 Å². The zero-order chi connectivity index (χ0) is 18.5. The first kappa shape index (κ1) is 17.5. The van der Waals surface area contributed by atoms with Gasteiger partial charge in [-0.15, -0.1) is 0 Å². The molecule has 0 spiro atoms. The zero-order valence-electron chi connectivity index (χ0n) is 15.0. The van der Waals surface area contributed by atoms with E-state index in [0.717, 1.165) is 22.6 Å². The molecule has 0 aliphatic rings. The van der Waals surface area contributed by atoms with Gasteiger partial charge in [0, 0.05) is 42.3 Å². The highest BCUT2D eigenvalue weighted by molar-refractivity contribution is 5.93. The van der Waals surface area contributed by atoms with Gasteiger partial charge in [-0.1, -0.05) is 18.2 Å². The van der Waals surface area contributed by atoms with Crippen LogP contribution in [0.25, 0.3) is 11.4 Å². The van der Waals surface area contributed by atoms with Crippen LogP contribution in [0.3, 0.4) is 0 Å². The molecule has 6 nitrogen and oxygen atoms in total. The molecule has 0 radical (unpaired) electrons. The van der Waals surface area contributed by atoms with Crippen molar-refractivity contribution in [3.63, 3.8) is 0 Å². The van der Waals surface area contributed by atoms with E-state index in [1.54, 1.807) is 26.5 Å². The molecule has 134 valence electrons. The Morgan fingerprint density at radius 3 is 2.69 bits per heavy atom. The van der Waals surface area contributed by atoms with E-state index in [2.05, 4.69) is 10.3 Å². The van der Waals surface area contributed by atoms with E-state index in [1.165, 1.54) is 0 Å². The molecule has 0 saturated heterocycles. The van der Waals surface area contributed by atoms with Crippen molar-refractivity contribution in [3.05, 3.63) is 60.4 Å². The van der Waals surface area contributed by atoms with E-state index in [0.29, 0.717) is 11.5 Å². The third kappa shape index (κ3) is 3.85. The van der Waals surface area contributed by atoms with Crippen LogP contribution in [0.4, 0.5) is 5.69 Å². The van der Waals surface area contributed by atoms with Gasteiger partial charge in [0.2, 0.25) is 5.91 Å².